The number of pyridine rings is 1. The summed E-state index contributed by atoms with van der Waals surface area (Å²) in [6, 6.07) is 6.14. The standard InChI is InChI=1S/C15H11FN6O/c1-8-5-10(16)7-21-14(23)6-12(18-15(8)21)11-3-4-13-17-9(2)19-22(13)20-11/h3-7H,1-2H3. The SMILES string of the molecule is Cc1nc2ccc(-c3cc(=O)n4cc(F)cc(C)c4n3)nn2n1. The molecule has 8 heteroatoms. The van der Waals surface area contributed by atoms with Gasteiger partial charge < -0.3 is 0 Å². The number of fused-ring (bicyclic) bond motifs is 2. The molecule has 0 atom stereocenters. The van der Waals surface area contributed by atoms with Gasteiger partial charge in [-0.3, -0.25) is 9.20 Å². The first-order chi connectivity index (χ1) is 11.0. The van der Waals surface area contributed by atoms with Gasteiger partial charge in [0, 0.05) is 12.3 Å². The molecule has 0 aromatic carbocycles. The van der Waals surface area contributed by atoms with Crippen molar-refractivity contribution in [3.8, 4) is 11.4 Å². The van der Waals surface area contributed by atoms with Crippen molar-refractivity contribution in [3.05, 3.63) is 58.0 Å². The van der Waals surface area contributed by atoms with E-state index in [9.17, 15) is 9.18 Å². The first kappa shape index (κ1) is 13.5. The number of aryl methyl sites for hydroxylation is 2. The summed E-state index contributed by atoms with van der Waals surface area (Å²) >= 11 is 0. The summed E-state index contributed by atoms with van der Waals surface area (Å²) in [7, 11) is 0. The summed E-state index contributed by atoms with van der Waals surface area (Å²) in [6.45, 7) is 3.47. The van der Waals surface area contributed by atoms with E-state index in [0.29, 0.717) is 34.1 Å². The van der Waals surface area contributed by atoms with Crippen molar-refractivity contribution in [3.63, 3.8) is 0 Å². The van der Waals surface area contributed by atoms with Gasteiger partial charge in [-0.1, -0.05) is 0 Å². The number of hydrogen-bond donors (Lipinski definition) is 0. The molecule has 0 radical (unpaired) electrons. The van der Waals surface area contributed by atoms with E-state index in [1.807, 2.05) is 0 Å². The van der Waals surface area contributed by atoms with Gasteiger partial charge in [0.25, 0.3) is 5.56 Å². The van der Waals surface area contributed by atoms with Crippen LogP contribution in [0.1, 0.15) is 11.4 Å². The lowest BCUT2D eigenvalue weighted by molar-refractivity contribution is 0.616. The lowest BCUT2D eigenvalue weighted by Gasteiger charge is -2.06. The average molecular weight is 310 g/mol. The van der Waals surface area contributed by atoms with E-state index in [2.05, 4.69) is 20.2 Å². The monoisotopic (exact) mass is 310 g/mol. The summed E-state index contributed by atoms with van der Waals surface area (Å²) in [5.41, 5.74) is 2.10. The van der Waals surface area contributed by atoms with Crippen LogP contribution in [0.2, 0.25) is 0 Å². The quantitative estimate of drug-likeness (QED) is 0.533. The van der Waals surface area contributed by atoms with Gasteiger partial charge >= 0.3 is 0 Å². The van der Waals surface area contributed by atoms with Crippen molar-refractivity contribution >= 4 is 11.3 Å². The topological polar surface area (TPSA) is 77.5 Å². The maximum Gasteiger partial charge on any atom is 0.258 e. The van der Waals surface area contributed by atoms with Crippen LogP contribution in [-0.4, -0.2) is 29.2 Å². The van der Waals surface area contributed by atoms with Crippen LogP contribution in [-0.2, 0) is 0 Å². The van der Waals surface area contributed by atoms with Gasteiger partial charge in [0.15, 0.2) is 5.65 Å². The highest BCUT2D eigenvalue weighted by molar-refractivity contribution is 5.60. The van der Waals surface area contributed by atoms with Gasteiger partial charge in [-0.25, -0.2) is 14.4 Å². The van der Waals surface area contributed by atoms with E-state index in [-0.39, 0.29) is 5.56 Å². The van der Waals surface area contributed by atoms with E-state index < -0.39 is 5.82 Å². The fraction of sp³-hybridized carbons (Fsp3) is 0.133. The van der Waals surface area contributed by atoms with Gasteiger partial charge in [-0.15, -0.1) is 14.8 Å². The Morgan fingerprint density at radius 2 is 1.87 bits per heavy atom. The molecule has 0 aliphatic rings. The summed E-state index contributed by atoms with van der Waals surface area (Å²) in [5.74, 6) is 0.122. The molecule has 0 aliphatic carbocycles. The molecule has 23 heavy (non-hydrogen) atoms. The molecular weight excluding hydrogens is 299 g/mol. The van der Waals surface area contributed by atoms with Crippen molar-refractivity contribution in [1.82, 2.24) is 29.2 Å². The van der Waals surface area contributed by atoms with E-state index in [1.54, 1.807) is 26.0 Å². The zero-order chi connectivity index (χ0) is 16.1. The average Bonchev–Trinajstić information content (AvgIpc) is 2.87. The molecule has 0 N–H and O–H groups in total. The van der Waals surface area contributed by atoms with Gasteiger partial charge in [0.05, 0.1) is 5.69 Å². The number of rotatable bonds is 1. The van der Waals surface area contributed by atoms with E-state index in [4.69, 9.17) is 0 Å². The summed E-state index contributed by atoms with van der Waals surface area (Å²) < 4.78 is 16.0. The Morgan fingerprint density at radius 3 is 2.70 bits per heavy atom. The second kappa shape index (κ2) is 4.67. The van der Waals surface area contributed by atoms with Crippen molar-refractivity contribution in [2.75, 3.05) is 0 Å². The fourth-order valence-electron chi connectivity index (χ4n) is 2.48. The largest absolute Gasteiger partial charge is 0.269 e. The van der Waals surface area contributed by atoms with E-state index in [1.165, 1.54) is 21.2 Å². The molecular formula is C15H11FN6O. The molecule has 0 fully saturated rings. The Hall–Kier alpha value is -3.16. The zero-order valence-electron chi connectivity index (χ0n) is 12.4. The Bertz CT molecular complexity index is 1130. The highest BCUT2D eigenvalue weighted by Crippen LogP contribution is 2.16. The Morgan fingerprint density at radius 1 is 1.04 bits per heavy atom. The third-order valence-electron chi connectivity index (χ3n) is 3.49. The molecule has 114 valence electrons. The van der Waals surface area contributed by atoms with Crippen molar-refractivity contribution in [2.45, 2.75) is 13.8 Å². The van der Waals surface area contributed by atoms with Crippen molar-refractivity contribution < 1.29 is 4.39 Å². The van der Waals surface area contributed by atoms with E-state index in [0.717, 1.165) is 6.20 Å². The smallest absolute Gasteiger partial charge is 0.258 e. The molecule has 0 spiro atoms. The van der Waals surface area contributed by atoms with Crippen LogP contribution in [0.4, 0.5) is 4.39 Å². The van der Waals surface area contributed by atoms with Crippen LogP contribution in [0.25, 0.3) is 22.7 Å². The Balaban J connectivity index is 1.98. The molecule has 0 aliphatic heterocycles. The van der Waals surface area contributed by atoms with Gasteiger partial charge in [0.1, 0.15) is 23.0 Å². The van der Waals surface area contributed by atoms with Crippen LogP contribution >= 0.6 is 0 Å². The van der Waals surface area contributed by atoms with Crippen molar-refractivity contribution in [2.24, 2.45) is 0 Å². The van der Waals surface area contributed by atoms with Crippen LogP contribution in [0, 0.1) is 19.7 Å². The number of halogens is 1. The molecule has 4 heterocycles. The molecule has 0 bridgehead atoms. The van der Waals surface area contributed by atoms with Crippen molar-refractivity contribution in [1.29, 1.82) is 0 Å². The summed E-state index contributed by atoms with van der Waals surface area (Å²) in [4.78, 5) is 20.9. The third kappa shape index (κ3) is 2.15. The highest BCUT2D eigenvalue weighted by Gasteiger charge is 2.11. The normalized spacial score (nSPS) is 11.4. The lowest BCUT2D eigenvalue weighted by atomic mass is 10.2. The minimum Gasteiger partial charge on any atom is -0.269 e. The zero-order valence-corrected chi connectivity index (χ0v) is 12.4. The lowest BCUT2D eigenvalue weighted by Crippen LogP contribution is -2.16. The van der Waals surface area contributed by atoms with Gasteiger partial charge in [0.2, 0.25) is 0 Å². The van der Waals surface area contributed by atoms with Crippen LogP contribution < -0.4 is 5.56 Å². The Kier molecular flexibility index (Phi) is 2.74. The number of nitrogens with zero attached hydrogens (tertiary/aromatic N) is 6. The van der Waals surface area contributed by atoms with Crippen LogP contribution in [0.3, 0.4) is 0 Å². The first-order valence-electron chi connectivity index (χ1n) is 6.92. The second-order valence-corrected chi connectivity index (χ2v) is 5.24. The molecule has 0 unspecified atom stereocenters. The molecule has 4 aromatic heterocycles. The molecule has 0 saturated carbocycles. The molecule has 0 amide bonds. The van der Waals surface area contributed by atoms with Crippen LogP contribution in [0.5, 0.6) is 0 Å². The number of aromatic nitrogens is 6. The molecule has 4 rings (SSSR count). The fourth-order valence-corrected chi connectivity index (χ4v) is 2.48. The highest BCUT2D eigenvalue weighted by atomic mass is 19.1. The molecule has 4 aromatic rings. The minimum absolute atomic E-state index is 0.371. The van der Waals surface area contributed by atoms with E-state index >= 15 is 0 Å². The van der Waals surface area contributed by atoms with Gasteiger partial charge in [-0.2, -0.15) is 0 Å². The maximum atomic E-state index is 13.5. The van der Waals surface area contributed by atoms with Crippen LogP contribution in [0.15, 0.2) is 35.3 Å². The van der Waals surface area contributed by atoms with Gasteiger partial charge in [-0.05, 0) is 37.6 Å². The predicted molar refractivity (Wildman–Crippen MR) is 80.7 cm³/mol. The Labute approximate surface area is 129 Å². The molecule has 0 saturated heterocycles. The summed E-state index contributed by atoms with van der Waals surface area (Å²) in [5, 5.41) is 8.47. The maximum absolute atomic E-state index is 13.5. The summed E-state index contributed by atoms with van der Waals surface area (Å²) in [6.07, 6.45) is 1.12. The number of hydrogen-bond acceptors (Lipinski definition) is 5. The third-order valence-corrected chi connectivity index (χ3v) is 3.49. The predicted octanol–water partition coefficient (Wildman–Crippen LogP) is 1.56. The second-order valence-electron chi connectivity index (χ2n) is 5.24. The minimum atomic E-state index is -0.482. The first-order valence-corrected chi connectivity index (χ1v) is 6.92. The molecule has 7 nitrogen and oxygen atoms in total.